The molecule has 0 aromatic heterocycles. The van der Waals surface area contributed by atoms with Crippen LogP contribution < -0.4 is 5.73 Å². The second-order valence-electron chi connectivity index (χ2n) is 4.25. The van der Waals surface area contributed by atoms with Crippen molar-refractivity contribution in [2.45, 2.75) is 38.5 Å². The summed E-state index contributed by atoms with van der Waals surface area (Å²) < 4.78 is 11.0. The molecule has 0 amide bonds. The van der Waals surface area contributed by atoms with Gasteiger partial charge in [-0.1, -0.05) is 6.92 Å². The fraction of sp³-hybridized carbons (Fsp3) is 1.00. The lowest BCUT2D eigenvalue weighted by atomic mass is 10.1. The minimum absolute atomic E-state index is 0.143. The molecule has 1 aliphatic heterocycles. The van der Waals surface area contributed by atoms with Gasteiger partial charge in [0.05, 0.1) is 18.8 Å². The Morgan fingerprint density at radius 3 is 2.87 bits per heavy atom. The van der Waals surface area contributed by atoms with Crippen LogP contribution in [0.3, 0.4) is 0 Å². The summed E-state index contributed by atoms with van der Waals surface area (Å²) in [4.78, 5) is 2.44. The molecule has 4 heteroatoms. The second kappa shape index (κ2) is 6.43. The quantitative estimate of drug-likeness (QED) is 0.725. The van der Waals surface area contributed by atoms with Crippen LogP contribution in [0.15, 0.2) is 0 Å². The Labute approximate surface area is 92.7 Å². The Hall–Kier alpha value is -0.160. The number of nitrogens with zero attached hydrogens (tertiary/aromatic N) is 1. The van der Waals surface area contributed by atoms with E-state index in [1.165, 1.54) is 0 Å². The Kier molecular flexibility index (Phi) is 5.53. The molecule has 1 fully saturated rings. The smallest absolute Gasteiger partial charge is 0.0820 e. The third-order valence-corrected chi connectivity index (χ3v) is 3.09. The molecule has 0 aromatic carbocycles. The van der Waals surface area contributed by atoms with Gasteiger partial charge in [-0.05, 0) is 13.3 Å². The number of rotatable bonds is 5. The van der Waals surface area contributed by atoms with Crippen LogP contribution in [0, 0.1) is 0 Å². The summed E-state index contributed by atoms with van der Waals surface area (Å²) in [5, 5.41) is 0. The predicted octanol–water partition coefficient (Wildman–Crippen LogP) is 0.459. The van der Waals surface area contributed by atoms with Crippen LogP contribution in [-0.2, 0) is 9.47 Å². The Morgan fingerprint density at radius 2 is 2.33 bits per heavy atom. The number of hydrogen-bond donors (Lipinski definition) is 1. The summed E-state index contributed by atoms with van der Waals surface area (Å²) >= 11 is 0. The third-order valence-electron chi connectivity index (χ3n) is 3.09. The highest BCUT2D eigenvalue weighted by Gasteiger charge is 2.26. The second-order valence-corrected chi connectivity index (χ2v) is 4.25. The molecule has 0 aliphatic carbocycles. The molecule has 0 aromatic rings. The summed E-state index contributed by atoms with van der Waals surface area (Å²) in [5.41, 5.74) is 5.64. The number of morpholine rings is 1. The van der Waals surface area contributed by atoms with Gasteiger partial charge in [-0.3, -0.25) is 4.90 Å². The average molecular weight is 216 g/mol. The SMILES string of the molecule is CCC1COC(C)CN1CC(CN)OC. The normalized spacial score (nSPS) is 30.4. The number of methoxy groups -OCH3 is 1. The molecule has 0 spiro atoms. The molecular formula is C11H24N2O2. The van der Waals surface area contributed by atoms with Crippen LogP contribution in [0.25, 0.3) is 0 Å². The van der Waals surface area contributed by atoms with Crippen molar-refractivity contribution in [1.29, 1.82) is 0 Å². The summed E-state index contributed by atoms with van der Waals surface area (Å²) in [6, 6.07) is 0.519. The maximum absolute atomic E-state index is 5.65. The maximum atomic E-state index is 5.65. The zero-order chi connectivity index (χ0) is 11.3. The van der Waals surface area contributed by atoms with Gasteiger partial charge in [0, 0.05) is 32.8 Å². The van der Waals surface area contributed by atoms with Gasteiger partial charge in [0.25, 0.3) is 0 Å². The van der Waals surface area contributed by atoms with E-state index in [4.69, 9.17) is 15.2 Å². The van der Waals surface area contributed by atoms with E-state index in [0.717, 1.165) is 26.1 Å². The van der Waals surface area contributed by atoms with Crippen LogP contribution in [0.2, 0.25) is 0 Å². The fourth-order valence-electron chi connectivity index (χ4n) is 2.02. The van der Waals surface area contributed by atoms with E-state index in [9.17, 15) is 0 Å². The topological polar surface area (TPSA) is 47.7 Å². The molecule has 0 bridgehead atoms. The first-order chi connectivity index (χ1) is 7.21. The Bertz CT molecular complexity index is 174. The molecule has 1 rings (SSSR count). The van der Waals surface area contributed by atoms with Crippen molar-refractivity contribution in [3.63, 3.8) is 0 Å². The molecule has 0 radical (unpaired) electrons. The van der Waals surface area contributed by atoms with Gasteiger partial charge in [-0.15, -0.1) is 0 Å². The van der Waals surface area contributed by atoms with Gasteiger partial charge in [0.15, 0.2) is 0 Å². The third kappa shape index (κ3) is 3.72. The lowest BCUT2D eigenvalue weighted by Gasteiger charge is -2.39. The first-order valence-corrected chi connectivity index (χ1v) is 5.79. The van der Waals surface area contributed by atoms with Crippen molar-refractivity contribution in [2.24, 2.45) is 5.73 Å². The summed E-state index contributed by atoms with van der Waals surface area (Å²) in [7, 11) is 1.72. The van der Waals surface area contributed by atoms with E-state index in [-0.39, 0.29) is 6.10 Å². The van der Waals surface area contributed by atoms with Gasteiger partial charge in [0.1, 0.15) is 0 Å². The molecule has 15 heavy (non-hydrogen) atoms. The van der Waals surface area contributed by atoms with Crippen LogP contribution in [0.1, 0.15) is 20.3 Å². The van der Waals surface area contributed by atoms with Gasteiger partial charge in [-0.2, -0.15) is 0 Å². The molecule has 3 unspecified atom stereocenters. The lowest BCUT2D eigenvalue weighted by Crippen LogP contribution is -2.52. The molecule has 1 heterocycles. The van der Waals surface area contributed by atoms with E-state index in [2.05, 4.69) is 18.7 Å². The van der Waals surface area contributed by atoms with Crippen LogP contribution in [-0.4, -0.2) is 56.5 Å². The standard InChI is InChI=1S/C11H24N2O2/c1-4-10-8-15-9(2)6-13(10)7-11(5-12)14-3/h9-11H,4-8,12H2,1-3H3. The van der Waals surface area contributed by atoms with E-state index in [1.807, 2.05) is 0 Å². The van der Waals surface area contributed by atoms with Gasteiger partial charge in [0.2, 0.25) is 0 Å². The summed E-state index contributed by atoms with van der Waals surface area (Å²) in [5.74, 6) is 0. The summed E-state index contributed by atoms with van der Waals surface area (Å²) in [6.45, 7) is 7.62. The number of ether oxygens (including phenoxy) is 2. The van der Waals surface area contributed by atoms with Crippen molar-refractivity contribution in [3.8, 4) is 0 Å². The molecule has 2 N–H and O–H groups in total. The van der Waals surface area contributed by atoms with Crippen molar-refractivity contribution < 1.29 is 9.47 Å². The Balaban J connectivity index is 2.47. The zero-order valence-electron chi connectivity index (χ0n) is 10.1. The minimum Gasteiger partial charge on any atom is -0.379 e. The van der Waals surface area contributed by atoms with Gasteiger partial charge in [-0.25, -0.2) is 0 Å². The number of nitrogens with two attached hydrogens (primary N) is 1. The molecule has 1 saturated heterocycles. The first kappa shape index (κ1) is 12.9. The van der Waals surface area contributed by atoms with E-state index in [1.54, 1.807) is 7.11 Å². The summed E-state index contributed by atoms with van der Waals surface area (Å²) in [6.07, 6.45) is 1.58. The van der Waals surface area contributed by atoms with E-state index < -0.39 is 0 Å². The van der Waals surface area contributed by atoms with Crippen molar-refractivity contribution in [1.82, 2.24) is 4.90 Å². The minimum atomic E-state index is 0.143. The average Bonchev–Trinajstić information content (AvgIpc) is 2.26. The first-order valence-electron chi connectivity index (χ1n) is 5.79. The van der Waals surface area contributed by atoms with Gasteiger partial charge < -0.3 is 15.2 Å². The maximum Gasteiger partial charge on any atom is 0.0820 e. The van der Waals surface area contributed by atoms with E-state index in [0.29, 0.717) is 18.7 Å². The van der Waals surface area contributed by atoms with Crippen LogP contribution >= 0.6 is 0 Å². The van der Waals surface area contributed by atoms with Crippen molar-refractivity contribution in [2.75, 3.05) is 33.4 Å². The fourth-order valence-corrected chi connectivity index (χ4v) is 2.02. The zero-order valence-corrected chi connectivity index (χ0v) is 10.1. The largest absolute Gasteiger partial charge is 0.379 e. The van der Waals surface area contributed by atoms with Crippen molar-refractivity contribution >= 4 is 0 Å². The molecule has 90 valence electrons. The highest BCUT2D eigenvalue weighted by molar-refractivity contribution is 4.80. The van der Waals surface area contributed by atoms with Crippen molar-refractivity contribution in [3.05, 3.63) is 0 Å². The molecule has 0 saturated carbocycles. The van der Waals surface area contributed by atoms with Gasteiger partial charge >= 0.3 is 0 Å². The number of hydrogen-bond acceptors (Lipinski definition) is 4. The monoisotopic (exact) mass is 216 g/mol. The highest BCUT2D eigenvalue weighted by Crippen LogP contribution is 2.14. The molecule has 3 atom stereocenters. The molecule has 1 aliphatic rings. The lowest BCUT2D eigenvalue weighted by molar-refractivity contribution is -0.0706. The molecular weight excluding hydrogens is 192 g/mol. The van der Waals surface area contributed by atoms with E-state index >= 15 is 0 Å². The van der Waals surface area contributed by atoms with Crippen LogP contribution in [0.5, 0.6) is 0 Å². The van der Waals surface area contributed by atoms with Crippen LogP contribution in [0.4, 0.5) is 0 Å². The Morgan fingerprint density at radius 1 is 1.60 bits per heavy atom. The highest BCUT2D eigenvalue weighted by atomic mass is 16.5. The molecule has 4 nitrogen and oxygen atoms in total. The predicted molar refractivity (Wildman–Crippen MR) is 60.9 cm³/mol.